The van der Waals surface area contributed by atoms with Crippen LogP contribution in [0.25, 0.3) is 0 Å². The Hall–Kier alpha value is -0.770. The van der Waals surface area contributed by atoms with Crippen LogP contribution < -0.4 is 10.6 Å². The smallest absolute Gasteiger partial charge is 0.408 e. The zero-order valence-corrected chi connectivity index (χ0v) is 13.1. The van der Waals surface area contributed by atoms with Gasteiger partial charge in [-0.3, -0.25) is 0 Å². The molecule has 4 nitrogen and oxygen atoms in total. The fourth-order valence-corrected chi connectivity index (χ4v) is 2.19. The third kappa shape index (κ3) is 6.28. The summed E-state index contributed by atoms with van der Waals surface area (Å²) in [6, 6.07) is 0. The van der Waals surface area contributed by atoms with Gasteiger partial charge in [0.15, 0.2) is 0 Å². The maximum atomic E-state index is 11.8. The Morgan fingerprint density at radius 2 is 1.95 bits per heavy atom. The Bertz CT molecular complexity index is 291. The van der Waals surface area contributed by atoms with Crippen LogP contribution in [0.1, 0.15) is 60.3 Å². The molecule has 0 aromatic heterocycles. The van der Waals surface area contributed by atoms with Crippen molar-refractivity contribution < 1.29 is 9.53 Å². The first-order valence-corrected chi connectivity index (χ1v) is 7.44. The largest absolute Gasteiger partial charge is 0.444 e. The summed E-state index contributed by atoms with van der Waals surface area (Å²) < 4.78 is 5.34. The highest BCUT2D eigenvalue weighted by molar-refractivity contribution is 5.69. The van der Waals surface area contributed by atoms with Crippen LogP contribution in [0.15, 0.2) is 0 Å². The molecule has 0 aliphatic heterocycles. The van der Waals surface area contributed by atoms with Crippen LogP contribution >= 0.6 is 0 Å². The van der Waals surface area contributed by atoms with Gasteiger partial charge in [0.25, 0.3) is 0 Å². The van der Waals surface area contributed by atoms with Crippen molar-refractivity contribution in [1.29, 1.82) is 0 Å². The molecule has 0 aromatic carbocycles. The minimum Gasteiger partial charge on any atom is -0.444 e. The summed E-state index contributed by atoms with van der Waals surface area (Å²) in [5, 5.41) is 6.51. The monoisotopic (exact) mass is 270 g/mol. The highest BCUT2D eigenvalue weighted by Gasteiger charge is 2.39. The summed E-state index contributed by atoms with van der Waals surface area (Å²) in [7, 11) is 0. The second-order valence-electron chi connectivity index (χ2n) is 7.12. The Morgan fingerprint density at radius 3 is 2.37 bits per heavy atom. The Labute approximate surface area is 117 Å². The molecular weight excluding hydrogens is 240 g/mol. The van der Waals surface area contributed by atoms with Crippen LogP contribution in [0.2, 0.25) is 0 Å². The number of hydrogen-bond acceptors (Lipinski definition) is 3. The predicted octanol–water partition coefficient (Wildman–Crippen LogP) is 3.07. The summed E-state index contributed by atoms with van der Waals surface area (Å²) in [6.45, 7) is 12.0. The minimum absolute atomic E-state index is 0.0840. The topological polar surface area (TPSA) is 50.4 Å². The molecule has 19 heavy (non-hydrogen) atoms. The van der Waals surface area contributed by atoms with Crippen LogP contribution in [0.4, 0.5) is 4.79 Å². The standard InChI is InChI=1S/C15H30N2O2/c1-12(2)7-10-16-11-15(8-6-9-15)17-13(18)19-14(3,4)5/h12,16H,6-11H2,1-5H3,(H,17,18). The van der Waals surface area contributed by atoms with Gasteiger partial charge < -0.3 is 15.4 Å². The molecule has 0 atom stereocenters. The van der Waals surface area contributed by atoms with Crippen molar-refractivity contribution in [3.05, 3.63) is 0 Å². The molecule has 0 heterocycles. The van der Waals surface area contributed by atoms with Gasteiger partial charge in [0, 0.05) is 6.54 Å². The van der Waals surface area contributed by atoms with E-state index in [0.29, 0.717) is 5.92 Å². The first kappa shape index (κ1) is 16.3. The van der Waals surface area contributed by atoms with Crippen LogP contribution in [-0.4, -0.2) is 30.3 Å². The summed E-state index contributed by atoms with van der Waals surface area (Å²) in [6.07, 6.45) is 4.14. The second kappa shape index (κ2) is 6.60. The van der Waals surface area contributed by atoms with Gasteiger partial charge in [0.2, 0.25) is 0 Å². The second-order valence-corrected chi connectivity index (χ2v) is 7.12. The quantitative estimate of drug-likeness (QED) is 0.729. The van der Waals surface area contributed by atoms with Crippen molar-refractivity contribution in [3.63, 3.8) is 0 Å². The average molecular weight is 270 g/mol. The van der Waals surface area contributed by atoms with Gasteiger partial charge in [-0.1, -0.05) is 13.8 Å². The van der Waals surface area contributed by atoms with Crippen molar-refractivity contribution >= 4 is 6.09 Å². The summed E-state index contributed by atoms with van der Waals surface area (Å²) in [4.78, 5) is 11.8. The van der Waals surface area contributed by atoms with Gasteiger partial charge in [0.05, 0.1) is 5.54 Å². The average Bonchev–Trinajstić information content (AvgIpc) is 2.17. The van der Waals surface area contributed by atoms with E-state index in [1.54, 1.807) is 0 Å². The number of nitrogens with one attached hydrogen (secondary N) is 2. The molecule has 2 N–H and O–H groups in total. The van der Waals surface area contributed by atoms with Crippen molar-refractivity contribution in [3.8, 4) is 0 Å². The first-order valence-electron chi connectivity index (χ1n) is 7.44. The molecule has 0 radical (unpaired) electrons. The van der Waals surface area contributed by atoms with E-state index in [4.69, 9.17) is 4.74 Å². The van der Waals surface area contributed by atoms with Gasteiger partial charge in [0.1, 0.15) is 5.60 Å². The maximum Gasteiger partial charge on any atom is 0.408 e. The number of amides is 1. The van der Waals surface area contributed by atoms with Gasteiger partial charge in [-0.2, -0.15) is 0 Å². The van der Waals surface area contributed by atoms with E-state index in [9.17, 15) is 4.79 Å². The molecule has 1 amide bonds. The maximum absolute atomic E-state index is 11.8. The van der Waals surface area contributed by atoms with Crippen LogP contribution in [0.3, 0.4) is 0 Å². The van der Waals surface area contributed by atoms with Gasteiger partial charge in [-0.25, -0.2) is 4.79 Å². The molecular formula is C15H30N2O2. The van der Waals surface area contributed by atoms with Gasteiger partial charge >= 0.3 is 6.09 Å². The molecule has 1 aliphatic carbocycles. The van der Waals surface area contributed by atoms with Gasteiger partial charge in [-0.15, -0.1) is 0 Å². The third-order valence-corrected chi connectivity index (χ3v) is 3.44. The zero-order chi connectivity index (χ0) is 14.5. The Morgan fingerprint density at radius 1 is 1.32 bits per heavy atom. The van der Waals surface area contributed by atoms with Crippen molar-refractivity contribution in [2.24, 2.45) is 5.92 Å². The van der Waals surface area contributed by atoms with E-state index >= 15 is 0 Å². The van der Waals surface area contributed by atoms with E-state index in [2.05, 4.69) is 24.5 Å². The fourth-order valence-electron chi connectivity index (χ4n) is 2.19. The Balaban J connectivity index is 2.32. The third-order valence-electron chi connectivity index (χ3n) is 3.44. The number of ether oxygens (including phenoxy) is 1. The zero-order valence-electron chi connectivity index (χ0n) is 13.1. The summed E-state index contributed by atoms with van der Waals surface area (Å²) >= 11 is 0. The molecule has 0 bridgehead atoms. The highest BCUT2D eigenvalue weighted by Crippen LogP contribution is 2.31. The number of carbonyl (C=O) groups excluding carboxylic acids is 1. The fraction of sp³-hybridized carbons (Fsp3) is 0.933. The first-order chi connectivity index (χ1) is 8.72. The van der Waals surface area contributed by atoms with E-state index in [1.807, 2.05) is 20.8 Å². The molecule has 0 saturated heterocycles. The number of hydrogen-bond donors (Lipinski definition) is 2. The van der Waals surface area contributed by atoms with Crippen molar-refractivity contribution in [1.82, 2.24) is 10.6 Å². The lowest BCUT2D eigenvalue weighted by Crippen LogP contribution is -2.60. The van der Waals surface area contributed by atoms with Gasteiger partial charge in [-0.05, 0) is 58.9 Å². The molecule has 0 aromatic rings. The lowest BCUT2D eigenvalue weighted by molar-refractivity contribution is 0.0382. The molecule has 1 aliphatic rings. The summed E-state index contributed by atoms with van der Waals surface area (Å²) in [5.41, 5.74) is -0.514. The van der Waals surface area contributed by atoms with Crippen LogP contribution in [0, 0.1) is 5.92 Å². The molecule has 112 valence electrons. The predicted molar refractivity (Wildman–Crippen MR) is 78.3 cm³/mol. The molecule has 4 heteroatoms. The lowest BCUT2D eigenvalue weighted by atomic mass is 9.76. The molecule has 0 unspecified atom stereocenters. The normalized spacial score (nSPS) is 18.0. The molecule has 1 saturated carbocycles. The number of carbonyl (C=O) groups is 1. The van der Waals surface area contributed by atoms with E-state index in [0.717, 1.165) is 25.9 Å². The number of alkyl carbamates (subject to hydrolysis) is 1. The van der Waals surface area contributed by atoms with Crippen molar-refractivity contribution in [2.75, 3.05) is 13.1 Å². The lowest BCUT2D eigenvalue weighted by Gasteiger charge is -2.43. The SMILES string of the molecule is CC(C)CCNCC1(NC(=O)OC(C)(C)C)CCC1. The molecule has 0 spiro atoms. The molecule has 1 rings (SSSR count). The van der Waals surface area contributed by atoms with E-state index in [-0.39, 0.29) is 11.6 Å². The van der Waals surface area contributed by atoms with E-state index < -0.39 is 5.60 Å². The Kier molecular flexibility index (Phi) is 5.65. The minimum atomic E-state index is -0.430. The highest BCUT2D eigenvalue weighted by atomic mass is 16.6. The van der Waals surface area contributed by atoms with Crippen LogP contribution in [-0.2, 0) is 4.74 Å². The summed E-state index contributed by atoms with van der Waals surface area (Å²) in [5.74, 6) is 0.712. The van der Waals surface area contributed by atoms with E-state index in [1.165, 1.54) is 12.8 Å². The van der Waals surface area contributed by atoms with Crippen molar-refractivity contribution in [2.45, 2.75) is 71.4 Å². The number of rotatable bonds is 6. The molecule has 1 fully saturated rings. The van der Waals surface area contributed by atoms with Crippen LogP contribution in [0.5, 0.6) is 0 Å².